The Morgan fingerprint density at radius 2 is 2.31 bits per heavy atom. The predicted molar refractivity (Wildman–Crippen MR) is 49.7 cm³/mol. The molecule has 0 unspecified atom stereocenters. The molecular formula is C9H8N2O2. The summed E-state index contributed by atoms with van der Waals surface area (Å²) in [6, 6.07) is 5.13. The zero-order valence-electron chi connectivity index (χ0n) is 6.74. The van der Waals surface area contributed by atoms with Gasteiger partial charge in [-0.05, 0) is 12.1 Å². The van der Waals surface area contributed by atoms with Gasteiger partial charge in [-0.2, -0.15) is 0 Å². The fraction of sp³-hybridized carbons (Fsp3) is 0. The number of aromatic hydroxyl groups is 1. The Morgan fingerprint density at radius 3 is 3.08 bits per heavy atom. The first-order valence-electron chi connectivity index (χ1n) is 3.82. The normalized spacial score (nSPS) is 10.2. The second-order valence-electron chi connectivity index (χ2n) is 2.66. The fourth-order valence-corrected chi connectivity index (χ4v) is 1.34. The molecule has 0 aliphatic heterocycles. The first-order chi connectivity index (χ1) is 6.33. The van der Waals surface area contributed by atoms with E-state index < -0.39 is 0 Å². The molecule has 0 bridgehead atoms. The van der Waals surface area contributed by atoms with Gasteiger partial charge in [0.1, 0.15) is 5.75 Å². The highest BCUT2D eigenvalue weighted by molar-refractivity contribution is 6.00. The number of nitrogens with one attached hydrogen (secondary N) is 2. The number of phenolic OH excluding ortho intramolecular Hbond substituents is 1. The number of carbonyl (C=O) groups excluding carboxylic acids is 1. The molecule has 3 N–H and O–H groups in total. The van der Waals surface area contributed by atoms with Crippen molar-refractivity contribution in [3.63, 3.8) is 0 Å². The van der Waals surface area contributed by atoms with E-state index in [0.29, 0.717) is 17.5 Å². The van der Waals surface area contributed by atoms with Crippen molar-refractivity contribution in [2.75, 3.05) is 5.32 Å². The van der Waals surface area contributed by atoms with E-state index in [1.807, 2.05) is 6.07 Å². The summed E-state index contributed by atoms with van der Waals surface area (Å²) in [6.07, 6.45) is 2.22. The van der Waals surface area contributed by atoms with Gasteiger partial charge >= 0.3 is 0 Å². The van der Waals surface area contributed by atoms with Gasteiger partial charge in [-0.3, -0.25) is 4.79 Å². The van der Waals surface area contributed by atoms with E-state index in [1.54, 1.807) is 18.3 Å². The highest BCUT2D eigenvalue weighted by Gasteiger charge is 2.05. The average molecular weight is 176 g/mol. The number of H-pyrrole nitrogens is 1. The third-order valence-corrected chi connectivity index (χ3v) is 1.90. The standard InChI is InChI=1S/C9H8N2O2/c12-5-11-7-4-10-6-2-1-3-8(13)9(6)7/h1-5,10,13H,(H,11,12). The van der Waals surface area contributed by atoms with Crippen molar-refractivity contribution in [3.8, 4) is 5.75 Å². The molecular weight excluding hydrogens is 168 g/mol. The number of hydrogen-bond acceptors (Lipinski definition) is 2. The molecule has 0 saturated heterocycles. The van der Waals surface area contributed by atoms with Crippen molar-refractivity contribution in [2.24, 2.45) is 0 Å². The summed E-state index contributed by atoms with van der Waals surface area (Å²) in [5.74, 6) is 0.156. The number of benzene rings is 1. The minimum absolute atomic E-state index is 0.156. The van der Waals surface area contributed by atoms with Crippen molar-refractivity contribution < 1.29 is 9.90 Å². The van der Waals surface area contributed by atoms with Crippen molar-refractivity contribution in [1.82, 2.24) is 4.98 Å². The first kappa shape index (κ1) is 7.67. The lowest BCUT2D eigenvalue weighted by Gasteiger charge is -1.97. The maximum absolute atomic E-state index is 10.2. The quantitative estimate of drug-likeness (QED) is 0.606. The topological polar surface area (TPSA) is 65.1 Å². The second kappa shape index (κ2) is 2.82. The Morgan fingerprint density at radius 1 is 1.46 bits per heavy atom. The third-order valence-electron chi connectivity index (χ3n) is 1.90. The van der Waals surface area contributed by atoms with E-state index in [0.717, 1.165) is 5.52 Å². The van der Waals surface area contributed by atoms with Crippen LogP contribution in [0.4, 0.5) is 5.69 Å². The number of carbonyl (C=O) groups is 1. The lowest BCUT2D eigenvalue weighted by molar-refractivity contribution is -0.105. The van der Waals surface area contributed by atoms with Crippen molar-refractivity contribution in [1.29, 1.82) is 0 Å². The molecule has 2 rings (SSSR count). The maximum Gasteiger partial charge on any atom is 0.211 e. The van der Waals surface area contributed by atoms with E-state index >= 15 is 0 Å². The predicted octanol–water partition coefficient (Wildman–Crippen LogP) is 1.44. The number of aromatic nitrogens is 1. The van der Waals surface area contributed by atoms with Crippen molar-refractivity contribution in [2.45, 2.75) is 0 Å². The highest BCUT2D eigenvalue weighted by atomic mass is 16.3. The number of hydrogen-bond donors (Lipinski definition) is 3. The molecule has 13 heavy (non-hydrogen) atoms. The van der Waals surface area contributed by atoms with Crippen LogP contribution in [0.2, 0.25) is 0 Å². The molecule has 0 saturated carbocycles. The molecule has 0 radical (unpaired) electrons. The number of rotatable bonds is 2. The van der Waals surface area contributed by atoms with Gasteiger partial charge in [0.15, 0.2) is 0 Å². The van der Waals surface area contributed by atoms with Crippen LogP contribution in [0, 0.1) is 0 Å². The van der Waals surface area contributed by atoms with Crippen LogP contribution < -0.4 is 5.32 Å². The Balaban J connectivity index is 2.70. The zero-order chi connectivity index (χ0) is 9.26. The summed E-state index contributed by atoms with van der Waals surface area (Å²) >= 11 is 0. The zero-order valence-corrected chi connectivity index (χ0v) is 6.74. The van der Waals surface area contributed by atoms with Gasteiger partial charge in [-0.25, -0.2) is 0 Å². The summed E-state index contributed by atoms with van der Waals surface area (Å²) in [4.78, 5) is 13.2. The van der Waals surface area contributed by atoms with Gasteiger partial charge in [0.2, 0.25) is 6.41 Å². The largest absolute Gasteiger partial charge is 0.507 e. The highest BCUT2D eigenvalue weighted by Crippen LogP contribution is 2.30. The van der Waals surface area contributed by atoms with Crippen LogP contribution in [0.5, 0.6) is 5.75 Å². The summed E-state index contributed by atoms with van der Waals surface area (Å²) in [7, 11) is 0. The van der Waals surface area contributed by atoms with Crippen molar-refractivity contribution in [3.05, 3.63) is 24.4 Å². The van der Waals surface area contributed by atoms with Crippen molar-refractivity contribution >= 4 is 23.0 Å². The van der Waals surface area contributed by atoms with Gasteiger partial charge in [0, 0.05) is 6.20 Å². The molecule has 1 heterocycles. The lowest BCUT2D eigenvalue weighted by Crippen LogP contribution is -1.91. The lowest BCUT2D eigenvalue weighted by atomic mass is 10.2. The van der Waals surface area contributed by atoms with Crippen LogP contribution in [0.15, 0.2) is 24.4 Å². The van der Waals surface area contributed by atoms with E-state index in [9.17, 15) is 9.90 Å². The molecule has 4 nitrogen and oxygen atoms in total. The Bertz CT molecular complexity index is 448. The molecule has 0 aliphatic rings. The second-order valence-corrected chi connectivity index (χ2v) is 2.66. The van der Waals surface area contributed by atoms with Gasteiger partial charge in [-0.15, -0.1) is 0 Å². The van der Waals surface area contributed by atoms with Crippen LogP contribution >= 0.6 is 0 Å². The van der Waals surface area contributed by atoms with Gasteiger partial charge in [0.25, 0.3) is 0 Å². The molecule has 1 aromatic carbocycles. The summed E-state index contributed by atoms with van der Waals surface area (Å²) in [5.41, 5.74) is 1.38. The van der Waals surface area contributed by atoms with Gasteiger partial charge in [-0.1, -0.05) is 6.07 Å². The molecule has 66 valence electrons. The molecule has 1 amide bonds. The maximum atomic E-state index is 10.2. The summed E-state index contributed by atoms with van der Waals surface area (Å²) in [6.45, 7) is 0. The first-order valence-corrected chi connectivity index (χ1v) is 3.82. The minimum Gasteiger partial charge on any atom is -0.507 e. The Hall–Kier alpha value is -1.97. The van der Waals surface area contributed by atoms with Crippen LogP contribution in [0.1, 0.15) is 0 Å². The summed E-state index contributed by atoms with van der Waals surface area (Å²) in [5, 5.41) is 12.6. The molecule has 0 fully saturated rings. The number of fused-ring (bicyclic) bond motifs is 1. The van der Waals surface area contributed by atoms with Gasteiger partial charge in [0.05, 0.1) is 16.6 Å². The number of aromatic amines is 1. The fourth-order valence-electron chi connectivity index (χ4n) is 1.34. The smallest absolute Gasteiger partial charge is 0.211 e. The van der Waals surface area contributed by atoms with Crippen LogP contribution in [-0.4, -0.2) is 16.5 Å². The SMILES string of the molecule is O=CNc1c[nH]c2cccc(O)c12. The number of amides is 1. The van der Waals surface area contributed by atoms with E-state index in [4.69, 9.17) is 0 Å². The number of anilines is 1. The molecule has 4 heteroatoms. The molecule has 1 aromatic heterocycles. The molecule has 2 aromatic rings. The summed E-state index contributed by atoms with van der Waals surface area (Å²) < 4.78 is 0. The Kier molecular flexibility index (Phi) is 1.66. The monoisotopic (exact) mass is 176 g/mol. The molecule has 0 spiro atoms. The third kappa shape index (κ3) is 1.12. The van der Waals surface area contributed by atoms with Crippen LogP contribution in [0.3, 0.4) is 0 Å². The van der Waals surface area contributed by atoms with Crippen LogP contribution in [-0.2, 0) is 4.79 Å². The van der Waals surface area contributed by atoms with E-state index in [1.165, 1.54) is 0 Å². The molecule has 0 aliphatic carbocycles. The molecule has 0 atom stereocenters. The van der Waals surface area contributed by atoms with Gasteiger partial charge < -0.3 is 15.4 Å². The minimum atomic E-state index is 0.156. The Labute approximate surface area is 74.2 Å². The average Bonchev–Trinajstić information content (AvgIpc) is 2.51. The van der Waals surface area contributed by atoms with Crippen LogP contribution in [0.25, 0.3) is 10.9 Å². The van der Waals surface area contributed by atoms with E-state index in [-0.39, 0.29) is 5.75 Å². The van der Waals surface area contributed by atoms with E-state index in [2.05, 4.69) is 10.3 Å². The number of phenols is 1.